The average Bonchev–Trinajstić information content (AvgIpc) is 3.03. The molecule has 3 heterocycles. The van der Waals surface area contributed by atoms with Crippen LogP contribution in [0.15, 0.2) is 6.20 Å². The standard InChI is InChI=1S/C14H23N3O/c1-2-16-7-5-11(8-16)13-9-17-6-3-4-12(10-18)14(17)15-13/h9,11-12,18H,2-8,10H2,1H3. The van der Waals surface area contributed by atoms with Crippen LogP contribution >= 0.6 is 0 Å². The lowest BCUT2D eigenvalue weighted by Crippen LogP contribution is -2.19. The van der Waals surface area contributed by atoms with Gasteiger partial charge in [0.05, 0.1) is 12.3 Å². The smallest absolute Gasteiger partial charge is 0.114 e. The summed E-state index contributed by atoms with van der Waals surface area (Å²) in [5, 5.41) is 9.43. The lowest BCUT2D eigenvalue weighted by Gasteiger charge is -2.21. The number of aliphatic hydroxyl groups is 1. The maximum absolute atomic E-state index is 9.43. The molecule has 1 aromatic rings. The molecule has 0 saturated carbocycles. The molecular weight excluding hydrogens is 226 g/mol. The first-order valence-corrected chi connectivity index (χ1v) is 7.22. The van der Waals surface area contributed by atoms with Crippen molar-refractivity contribution < 1.29 is 5.11 Å². The molecule has 0 spiro atoms. The van der Waals surface area contributed by atoms with Crippen molar-refractivity contribution in [1.82, 2.24) is 14.5 Å². The molecule has 0 bridgehead atoms. The highest BCUT2D eigenvalue weighted by Crippen LogP contribution is 2.31. The molecule has 2 atom stereocenters. The lowest BCUT2D eigenvalue weighted by atomic mass is 10.0. The molecule has 4 heteroatoms. The van der Waals surface area contributed by atoms with Crippen molar-refractivity contribution >= 4 is 0 Å². The number of rotatable bonds is 3. The van der Waals surface area contributed by atoms with Gasteiger partial charge in [-0.2, -0.15) is 0 Å². The van der Waals surface area contributed by atoms with E-state index in [4.69, 9.17) is 4.98 Å². The molecule has 0 aromatic carbocycles. The first-order valence-electron chi connectivity index (χ1n) is 7.22. The summed E-state index contributed by atoms with van der Waals surface area (Å²) in [4.78, 5) is 7.32. The molecule has 4 nitrogen and oxygen atoms in total. The molecule has 3 rings (SSSR count). The summed E-state index contributed by atoms with van der Waals surface area (Å²) >= 11 is 0. The van der Waals surface area contributed by atoms with E-state index in [0.29, 0.717) is 5.92 Å². The highest BCUT2D eigenvalue weighted by atomic mass is 16.3. The van der Waals surface area contributed by atoms with E-state index in [2.05, 4.69) is 22.6 Å². The van der Waals surface area contributed by atoms with Gasteiger partial charge in [-0.3, -0.25) is 0 Å². The van der Waals surface area contributed by atoms with Gasteiger partial charge in [0.25, 0.3) is 0 Å². The Kier molecular flexibility index (Phi) is 3.39. The summed E-state index contributed by atoms with van der Waals surface area (Å²) in [6, 6.07) is 0. The molecule has 0 aliphatic carbocycles. The summed E-state index contributed by atoms with van der Waals surface area (Å²) < 4.78 is 2.27. The van der Waals surface area contributed by atoms with Gasteiger partial charge in [0.15, 0.2) is 0 Å². The van der Waals surface area contributed by atoms with Gasteiger partial charge in [-0.05, 0) is 32.4 Å². The third-order valence-corrected chi connectivity index (χ3v) is 4.50. The molecule has 2 unspecified atom stereocenters. The van der Waals surface area contributed by atoms with Gasteiger partial charge in [0, 0.05) is 31.1 Å². The summed E-state index contributed by atoms with van der Waals surface area (Å²) in [6.45, 7) is 7.03. The second kappa shape index (κ2) is 5.02. The zero-order chi connectivity index (χ0) is 12.5. The first-order chi connectivity index (χ1) is 8.81. The van der Waals surface area contributed by atoms with Crippen LogP contribution in [-0.2, 0) is 6.54 Å². The Hall–Kier alpha value is -0.870. The quantitative estimate of drug-likeness (QED) is 0.884. The van der Waals surface area contributed by atoms with Gasteiger partial charge in [-0.1, -0.05) is 6.92 Å². The van der Waals surface area contributed by atoms with Crippen molar-refractivity contribution in [1.29, 1.82) is 0 Å². The number of likely N-dealkylation sites (N-methyl/N-ethyl adjacent to an activating group) is 1. The monoisotopic (exact) mass is 249 g/mol. The third kappa shape index (κ3) is 2.08. The molecule has 1 N–H and O–H groups in total. The zero-order valence-corrected chi connectivity index (χ0v) is 11.2. The third-order valence-electron chi connectivity index (χ3n) is 4.50. The molecular formula is C14H23N3O. The molecule has 1 saturated heterocycles. The van der Waals surface area contributed by atoms with E-state index >= 15 is 0 Å². The molecule has 2 aliphatic rings. The number of likely N-dealkylation sites (tertiary alicyclic amines) is 1. The minimum atomic E-state index is 0.238. The van der Waals surface area contributed by atoms with E-state index in [1.165, 1.54) is 25.1 Å². The Morgan fingerprint density at radius 2 is 2.28 bits per heavy atom. The van der Waals surface area contributed by atoms with Crippen LogP contribution in [-0.4, -0.2) is 45.8 Å². The number of hydrogen-bond donors (Lipinski definition) is 1. The van der Waals surface area contributed by atoms with Crippen LogP contribution in [0.1, 0.15) is 49.5 Å². The number of aliphatic hydroxyl groups excluding tert-OH is 1. The van der Waals surface area contributed by atoms with E-state index in [0.717, 1.165) is 31.9 Å². The van der Waals surface area contributed by atoms with Gasteiger partial charge in [0.2, 0.25) is 0 Å². The normalized spacial score (nSPS) is 28.6. The van der Waals surface area contributed by atoms with Gasteiger partial charge in [-0.15, -0.1) is 0 Å². The second-order valence-electron chi connectivity index (χ2n) is 5.62. The van der Waals surface area contributed by atoms with Gasteiger partial charge in [-0.25, -0.2) is 4.98 Å². The minimum absolute atomic E-state index is 0.238. The lowest BCUT2D eigenvalue weighted by molar-refractivity contribution is 0.238. The largest absolute Gasteiger partial charge is 0.396 e. The summed E-state index contributed by atoms with van der Waals surface area (Å²) in [6.07, 6.45) is 5.72. The minimum Gasteiger partial charge on any atom is -0.396 e. The van der Waals surface area contributed by atoms with E-state index in [1.54, 1.807) is 0 Å². The Balaban J connectivity index is 1.80. The number of hydrogen-bond acceptors (Lipinski definition) is 3. The number of imidazole rings is 1. The molecule has 1 aromatic heterocycles. The Bertz CT molecular complexity index is 415. The summed E-state index contributed by atoms with van der Waals surface area (Å²) in [7, 11) is 0. The fourth-order valence-corrected chi connectivity index (χ4v) is 3.32. The molecule has 1 fully saturated rings. The molecule has 0 amide bonds. The van der Waals surface area contributed by atoms with Crippen LogP contribution in [0.5, 0.6) is 0 Å². The van der Waals surface area contributed by atoms with E-state index in [-0.39, 0.29) is 12.5 Å². The molecule has 0 radical (unpaired) electrons. The second-order valence-corrected chi connectivity index (χ2v) is 5.62. The molecule has 18 heavy (non-hydrogen) atoms. The van der Waals surface area contributed by atoms with Crippen molar-refractivity contribution in [2.75, 3.05) is 26.2 Å². The van der Waals surface area contributed by atoms with Crippen LogP contribution < -0.4 is 0 Å². The Morgan fingerprint density at radius 3 is 3.00 bits per heavy atom. The zero-order valence-electron chi connectivity index (χ0n) is 11.2. The number of aryl methyl sites for hydroxylation is 1. The van der Waals surface area contributed by atoms with Crippen LogP contribution in [0.25, 0.3) is 0 Å². The predicted molar refractivity (Wildman–Crippen MR) is 70.8 cm³/mol. The topological polar surface area (TPSA) is 41.3 Å². The average molecular weight is 249 g/mol. The maximum atomic E-state index is 9.43. The highest BCUT2D eigenvalue weighted by molar-refractivity contribution is 5.16. The van der Waals surface area contributed by atoms with Crippen LogP contribution in [0, 0.1) is 0 Å². The van der Waals surface area contributed by atoms with E-state index in [1.807, 2.05) is 0 Å². The number of fused-ring (bicyclic) bond motifs is 1. The van der Waals surface area contributed by atoms with Gasteiger partial charge < -0.3 is 14.6 Å². The Labute approximate surface area is 109 Å². The van der Waals surface area contributed by atoms with Crippen molar-refractivity contribution in [3.63, 3.8) is 0 Å². The molecule has 100 valence electrons. The number of aromatic nitrogens is 2. The SMILES string of the molecule is CCN1CCC(c2cn3c(n2)C(CO)CCC3)C1. The van der Waals surface area contributed by atoms with Crippen molar-refractivity contribution in [2.24, 2.45) is 0 Å². The van der Waals surface area contributed by atoms with Crippen LogP contribution in [0.3, 0.4) is 0 Å². The summed E-state index contributed by atoms with van der Waals surface area (Å²) in [5.74, 6) is 1.98. The van der Waals surface area contributed by atoms with E-state index in [9.17, 15) is 5.11 Å². The first kappa shape index (κ1) is 12.2. The maximum Gasteiger partial charge on any atom is 0.114 e. The van der Waals surface area contributed by atoms with Gasteiger partial charge >= 0.3 is 0 Å². The number of nitrogens with zero attached hydrogens (tertiary/aromatic N) is 3. The van der Waals surface area contributed by atoms with Crippen molar-refractivity contribution in [2.45, 2.75) is 44.6 Å². The van der Waals surface area contributed by atoms with Crippen molar-refractivity contribution in [3.05, 3.63) is 17.7 Å². The molecule has 2 aliphatic heterocycles. The fraction of sp³-hybridized carbons (Fsp3) is 0.786. The fourth-order valence-electron chi connectivity index (χ4n) is 3.32. The summed E-state index contributed by atoms with van der Waals surface area (Å²) in [5.41, 5.74) is 1.25. The van der Waals surface area contributed by atoms with E-state index < -0.39 is 0 Å². The van der Waals surface area contributed by atoms with Gasteiger partial charge in [0.1, 0.15) is 5.82 Å². The van der Waals surface area contributed by atoms with Crippen LogP contribution in [0.4, 0.5) is 0 Å². The Morgan fingerprint density at radius 1 is 1.39 bits per heavy atom. The van der Waals surface area contributed by atoms with Crippen LogP contribution in [0.2, 0.25) is 0 Å². The van der Waals surface area contributed by atoms with Crippen molar-refractivity contribution in [3.8, 4) is 0 Å². The predicted octanol–water partition coefficient (Wildman–Crippen LogP) is 1.56. The highest BCUT2D eigenvalue weighted by Gasteiger charge is 2.28.